The Morgan fingerprint density at radius 1 is 1.17 bits per heavy atom. The number of aryl methyl sites for hydroxylation is 1. The second-order valence-corrected chi connectivity index (χ2v) is 6.01. The zero-order chi connectivity index (χ0) is 16.2. The van der Waals surface area contributed by atoms with Crippen molar-refractivity contribution >= 4 is 28.7 Å². The van der Waals surface area contributed by atoms with Crippen molar-refractivity contribution in [1.29, 1.82) is 0 Å². The van der Waals surface area contributed by atoms with E-state index >= 15 is 0 Å². The van der Waals surface area contributed by atoms with Crippen LogP contribution >= 0.6 is 11.6 Å². The summed E-state index contributed by atoms with van der Waals surface area (Å²) < 4.78 is 1.95. The van der Waals surface area contributed by atoms with E-state index in [4.69, 9.17) is 11.6 Å². The minimum Gasteiger partial charge on any atom is -0.320 e. The Kier molecular flexibility index (Phi) is 4.77. The maximum Gasteiger partial charge on any atom is 0.169 e. The molecule has 0 N–H and O–H groups in total. The molecular formula is C19H19ClN2O. The van der Waals surface area contributed by atoms with E-state index in [-0.39, 0.29) is 0 Å². The first-order chi connectivity index (χ1) is 11.2. The average Bonchev–Trinajstić information content (AvgIpc) is 2.88. The first kappa shape index (κ1) is 15.8. The van der Waals surface area contributed by atoms with Crippen LogP contribution in [0.2, 0.25) is 5.15 Å². The molecule has 0 aliphatic rings. The van der Waals surface area contributed by atoms with Crippen molar-refractivity contribution in [2.75, 3.05) is 0 Å². The molecule has 23 heavy (non-hydrogen) atoms. The van der Waals surface area contributed by atoms with E-state index in [2.05, 4.69) is 36.2 Å². The highest BCUT2D eigenvalue weighted by Crippen LogP contribution is 2.23. The summed E-state index contributed by atoms with van der Waals surface area (Å²) in [4.78, 5) is 15.8. The highest BCUT2D eigenvalue weighted by atomic mass is 35.5. The molecule has 0 atom stereocenters. The number of hydrogen-bond donors (Lipinski definition) is 0. The summed E-state index contributed by atoms with van der Waals surface area (Å²) in [6.07, 6.45) is 3.74. The number of halogens is 1. The van der Waals surface area contributed by atoms with E-state index < -0.39 is 0 Å². The zero-order valence-electron chi connectivity index (χ0n) is 13.1. The number of imidazole rings is 1. The summed E-state index contributed by atoms with van der Waals surface area (Å²) in [5.74, 6) is 0.881. The molecule has 1 aromatic heterocycles. The van der Waals surface area contributed by atoms with Gasteiger partial charge < -0.3 is 4.57 Å². The molecule has 118 valence electrons. The van der Waals surface area contributed by atoms with Gasteiger partial charge >= 0.3 is 0 Å². The van der Waals surface area contributed by atoms with E-state index in [0.717, 1.165) is 36.9 Å². The topological polar surface area (TPSA) is 34.9 Å². The van der Waals surface area contributed by atoms with Gasteiger partial charge in [-0.15, -0.1) is 0 Å². The van der Waals surface area contributed by atoms with Crippen LogP contribution in [0, 0.1) is 0 Å². The molecule has 0 radical (unpaired) electrons. The van der Waals surface area contributed by atoms with E-state index in [9.17, 15) is 4.79 Å². The van der Waals surface area contributed by atoms with Crippen molar-refractivity contribution in [2.24, 2.45) is 0 Å². The van der Waals surface area contributed by atoms with Gasteiger partial charge in [-0.2, -0.15) is 0 Å². The summed E-state index contributed by atoms with van der Waals surface area (Å²) in [7, 11) is 0. The van der Waals surface area contributed by atoms with Crippen molar-refractivity contribution < 1.29 is 4.79 Å². The predicted molar refractivity (Wildman–Crippen MR) is 94.3 cm³/mol. The lowest BCUT2D eigenvalue weighted by molar-refractivity contribution is 0.111. The molecule has 3 rings (SSSR count). The van der Waals surface area contributed by atoms with Crippen molar-refractivity contribution in [1.82, 2.24) is 9.55 Å². The van der Waals surface area contributed by atoms with Gasteiger partial charge in [-0.1, -0.05) is 67.4 Å². The molecule has 0 saturated heterocycles. The molecule has 1 heterocycles. The number of rotatable bonds is 6. The normalized spacial score (nSPS) is 11.0. The quantitative estimate of drug-likeness (QED) is 0.604. The number of nitrogens with zero attached hydrogens (tertiary/aromatic N) is 2. The van der Waals surface area contributed by atoms with Crippen LogP contribution in [0.1, 0.15) is 41.6 Å². The van der Waals surface area contributed by atoms with Crippen LogP contribution in [0.15, 0.2) is 42.5 Å². The van der Waals surface area contributed by atoms with Crippen LogP contribution in [0.25, 0.3) is 10.8 Å². The number of carbonyl (C=O) groups excluding carboxylic acids is 1. The van der Waals surface area contributed by atoms with E-state index in [0.29, 0.717) is 17.4 Å². The second kappa shape index (κ2) is 6.97. The fraction of sp³-hybridized carbons (Fsp3) is 0.263. The Hall–Kier alpha value is -2.13. The van der Waals surface area contributed by atoms with Crippen molar-refractivity contribution in [3.8, 4) is 0 Å². The third-order valence-electron chi connectivity index (χ3n) is 4.11. The highest BCUT2D eigenvalue weighted by molar-refractivity contribution is 6.31. The number of hydrogen-bond acceptors (Lipinski definition) is 2. The summed E-state index contributed by atoms with van der Waals surface area (Å²) in [6, 6.07) is 14.5. The molecule has 0 spiro atoms. The Labute approximate surface area is 140 Å². The number of benzene rings is 2. The van der Waals surface area contributed by atoms with Gasteiger partial charge in [0, 0.05) is 6.42 Å². The number of aromatic nitrogens is 2. The van der Waals surface area contributed by atoms with Crippen molar-refractivity contribution in [3.05, 3.63) is 64.7 Å². The average molecular weight is 327 g/mol. The SMILES string of the molecule is CCCCc1nc(Cl)c(C=O)n1Cc1cccc2ccccc12. The van der Waals surface area contributed by atoms with E-state index in [1.54, 1.807) is 0 Å². The smallest absolute Gasteiger partial charge is 0.169 e. The van der Waals surface area contributed by atoms with Crippen LogP contribution in [0.5, 0.6) is 0 Å². The highest BCUT2D eigenvalue weighted by Gasteiger charge is 2.16. The van der Waals surface area contributed by atoms with Gasteiger partial charge in [0.2, 0.25) is 0 Å². The summed E-state index contributed by atoms with van der Waals surface area (Å²) >= 11 is 6.15. The molecule has 0 aliphatic carbocycles. The largest absolute Gasteiger partial charge is 0.320 e. The van der Waals surface area contributed by atoms with Crippen LogP contribution in [0.3, 0.4) is 0 Å². The minimum atomic E-state index is 0.298. The lowest BCUT2D eigenvalue weighted by Crippen LogP contribution is -2.09. The number of aldehydes is 1. The van der Waals surface area contributed by atoms with Gasteiger partial charge in [-0.25, -0.2) is 4.98 Å². The van der Waals surface area contributed by atoms with Crippen molar-refractivity contribution in [3.63, 3.8) is 0 Å². The van der Waals surface area contributed by atoms with Crippen LogP contribution in [-0.2, 0) is 13.0 Å². The summed E-state index contributed by atoms with van der Waals surface area (Å²) in [5.41, 5.74) is 1.63. The molecule has 4 heteroatoms. The Bertz CT molecular complexity index is 833. The van der Waals surface area contributed by atoms with Gasteiger partial charge in [0.05, 0.1) is 6.54 Å². The van der Waals surface area contributed by atoms with E-state index in [1.807, 2.05) is 22.8 Å². The molecule has 3 nitrogen and oxygen atoms in total. The number of carbonyl (C=O) groups is 1. The lowest BCUT2D eigenvalue weighted by atomic mass is 10.0. The molecule has 0 fully saturated rings. The number of fused-ring (bicyclic) bond motifs is 1. The second-order valence-electron chi connectivity index (χ2n) is 5.65. The zero-order valence-corrected chi connectivity index (χ0v) is 13.9. The van der Waals surface area contributed by atoms with Gasteiger partial charge in [0.15, 0.2) is 11.4 Å². The third kappa shape index (κ3) is 3.15. The maximum atomic E-state index is 11.4. The molecule has 0 unspecified atom stereocenters. The van der Waals surface area contributed by atoms with Gasteiger partial charge in [-0.05, 0) is 22.8 Å². The molecule has 0 amide bonds. The number of unbranched alkanes of at least 4 members (excludes halogenated alkanes) is 1. The molecule has 2 aromatic carbocycles. The maximum absolute atomic E-state index is 11.4. The van der Waals surface area contributed by atoms with Gasteiger partial charge in [0.25, 0.3) is 0 Å². The van der Waals surface area contributed by atoms with Gasteiger partial charge in [-0.3, -0.25) is 4.79 Å². The first-order valence-electron chi connectivity index (χ1n) is 7.91. The van der Waals surface area contributed by atoms with Crippen LogP contribution < -0.4 is 0 Å². The first-order valence-corrected chi connectivity index (χ1v) is 8.29. The van der Waals surface area contributed by atoms with E-state index in [1.165, 1.54) is 10.8 Å². The van der Waals surface area contributed by atoms with Crippen LogP contribution in [-0.4, -0.2) is 15.8 Å². The minimum absolute atomic E-state index is 0.298. The molecular weight excluding hydrogens is 308 g/mol. The molecule has 0 aliphatic heterocycles. The Balaban J connectivity index is 2.05. The molecule has 3 aromatic rings. The Morgan fingerprint density at radius 2 is 1.96 bits per heavy atom. The monoisotopic (exact) mass is 326 g/mol. The van der Waals surface area contributed by atoms with Crippen LogP contribution in [0.4, 0.5) is 0 Å². The van der Waals surface area contributed by atoms with Gasteiger partial charge in [0.1, 0.15) is 11.5 Å². The summed E-state index contributed by atoms with van der Waals surface area (Å²) in [6.45, 7) is 2.74. The predicted octanol–water partition coefficient (Wildman–Crippen LogP) is 4.89. The summed E-state index contributed by atoms with van der Waals surface area (Å²) in [5, 5.41) is 2.68. The molecule has 0 bridgehead atoms. The standard InChI is InChI=1S/C19H19ClN2O/c1-2-3-11-18-21-19(20)17(13-23)22(18)12-15-9-6-8-14-7-4-5-10-16(14)15/h4-10,13H,2-3,11-12H2,1H3. The Morgan fingerprint density at radius 3 is 2.74 bits per heavy atom. The molecule has 0 saturated carbocycles. The lowest BCUT2D eigenvalue weighted by Gasteiger charge is -2.12. The fourth-order valence-electron chi connectivity index (χ4n) is 2.90. The third-order valence-corrected chi connectivity index (χ3v) is 4.39. The fourth-order valence-corrected chi connectivity index (χ4v) is 3.14. The van der Waals surface area contributed by atoms with Crippen molar-refractivity contribution in [2.45, 2.75) is 32.7 Å².